The standard InChI is InChI=1S/C8H4FN3/c9-6-4-11-7-2-1-5(3-10)12-8(6)7/h1-2,4,11H. The lowest BCUT2D eigenvalue weighted by atomic mass is 10.3. The van der Waals surface area contributed by atoms with Gasteiger partial charge in [-0.1, -0.05) is 0 Å². The molecule has 0 spiro atoms. The Morgan fingerprint density at radius 2 is 2.33 bits per heavy atom. The van der Waals surface area contributed by atoms with Gasteiger partial charge in [0.1, 0.15) is 17.3 Å². The number of aromatic amines is 1. The first-order chi connectivity index (χ1) is 5.81. The molecule has 0 atom stereocenters. The van der Waals surface area contributed by atoms with Crippen molar-refractivity contribution < 1.29 is 4.39 Å². The number of H-pyrrole nitrogens is 1. The highest BCUT2D eigenvalue weighted by molar-refractivity contribution is 5.75. The van der Waals surface area contributed by atoms with Crippen LogP contribution in [-0.4, -0.2) is 9.97 Å². The zero-order chi connectivity index (χ0) is 8.55. The van der Waals surface area contributed by atoms with Crippen LogP contribution in [0.2, 0.25) is 0 Å². The van der Waals surface area contributed by atoms with Gasteiger partial charge in [0.05, 0.1) is 5.52 Å². The number of nitrogens with zero attached hydrogens (tertiary/aromatic N) is 2. The third-order valence-electron chi connectivity index (χ3n) is 1.59. The number of rotatable bonds is 0. The molecule has 0 aliphatic heterocycles. The van der Waals surface area contributed by atoms with Crippen molar-refractivity contribution >= 4 is 11.0 Å². The van der Waals surface area contributed by atoms with E-state index in [1.807, 2.05) is 6.07 Å². The third kappa shape index (κ3) is 0.839. The van der Waals surface area contributed by atoms with Crippen molar-refractivity contribution in [1.29, 1.82) is 5.26 Å². The van der Waals surface area contributed by atoms with Gasteiger partial charge in [0.15, 0.2) is 5.82 Å². The fraction of sp³-hybridized carbons (Fsp3) is 0. The molecular formula is C8H4FN3. The van der Waals surface area contributed by atoms with Gasteiger partial charge in [0.25, 0.3) is 0 Å². The fourth-order valence-corrected chi connectivity index (χ4v) is 1.03. The molecule has 0 radical (unpaired) electrons. The summed E-state index contributed by atoms with van der Waals surface area (Å²) in [6.07, 6.45) is 1.22. The monoisotopic (exact) mass is 161 g/mol. The minimum atomic E-state index is -0.429. The van der Waals surface area contributed by atoms with Crippen LogP contribution in [0.3, 0.4) is 0 Å². The van der Waals surface area contributed by atoms with Gasteiger partial charge in [-0.25, -0.2) is 9.37 Å². The van der Waals surface area contributed by atoms with Crippen LogP contribution >= 0.6 is 0 Å². The summed E-state index contributed by atoms with van der Waals surface area (Å²) in [5.41, 5.74) is 1.04. The van der Waals surface area contributed by atoms with Crippen LogP contribution < -0.4 is 0 Å². The molecule has 0 amide bonds. The molecule has 0 aliphatic carbocycles. The van der Waals surface area contributed by atoms with Gasteiger partial charge in [0.2, 0.25) is 0 Å². The lowest BCUT2D eigenvalue weighted by Crippen LogP contribution is -1.82. The Morgan fingerprint density at radius 3 is 3.08 bits per heavy atom. The molecule has 2 aromatic rings. The predicted octanol–water partition coefficient (Wildman–Crippen LogP) is 1.57. The van der Waals surface area contributed by atoms with E-state index in [2.05, 4.69) is 9.97 Å². The summed E-state index contributed by atoms with van der Waals surface area (Å²) < 4.78 is 12.9. The van der Waals surface area contributed by atoms with E-state index in [4.69, 9.17) is 5.26 Å². The molecule has 2 heterocycles. The normalized spacial score (nSPS) is 10.0. The predicted molar refractivity (Wildman–Crippen MR) is 40.8 cm³/mol. The summed E-state index contributed by atoms with van der Waals surface area (Å²) in [6, 6.07) is 5.01. The summed E-state index contributed by atoms with van der Waals surface area (Å²) in [5, 5.41) is 8.48. The second-order valence-electron chi connectivity index (χ2n) is 2.34. The number of nitriles is 1. The van der Waals surface area contributed by atoms with Crippen LogP contribution in [0.15, 0.2) is 18.3 Å². The van der Waals surface area contributed by atoms with Gasteiger partial charge in [-0.05, 0) is 12.1 Å². The molecule has 58 valence electrons. The lowest BCUT2D eigenvalue weighted by molar-refractivity contribution is 0.636. The molecule has 0 bridgehead atoms. The maximum atomic E-state index is 12.9. The Balaban J connectivity index is 2.82. The molecule has 0 fully saturated rings. The van der Waals surface area contributed by atoms with E-state index in [-0.39, 0.29) is 11.2 Å². The van der Waals surface area contributed by atoms with Gasteiger partial charge in [0, 0.05) is 6.20 Å². The molecule has 1 N–H and O–H groups in total. The third-order valence-corrected chi connectivity index (χ3v) is 1.59. The Hall–Kier alpha value is -1.89. The fourth-order valence-electron chi connectivity index (χ4n) is 1.03. The van der Waals surface area contributed by atoms with E-state index in [1.165, 1.54) is 12.3 Å². The van der Waals surface area contributed by atoms with Gasteiger partial charge in [-0.15, -0.1) is 0 Å². The van der Waals surface area contributed by atoms with E-state index in [0.29, 0.717) is 5.52 Å². The first kappa shape index (κ1) is 6.80. The van der Waals surface area contributed by atoms with Crippen molar-refractivity contribution in [3.8, 4) is 6.07 Å². The quantitative estimate of drug-likeness (QED) is 0.637. The average Bonchev–Trinajstić information content (AvgIpc) is 2.47. The molecule has 4 heteroatoms. The molecule has 12 heavy (non-hydrogen) atoms. The minimum absolute atomic E-state index is 0.217. The second kappa shape index (κ2) is 2.31. The topological polar surface area (TPSA) is 52.5 Å². The number of nitrogens with one attached hydrogen (secondary N) is 1. The summed E-state index contributed by atoms with van der Waals surface area (Å²) in [6.45, 7) is 0. The Bertz CT molecular complexity index is 467. The van der Waals surface area contributed by atoms with Crippen molar-refractivity contribution in [2.75, 3.05) is 0 Å². The smallest absolute Gasteiger partial charge is 0.166 e. The van der Waals surface area contributed by atoms with Crippen LogP contribution in [0.4, 0.5) is 4.39 Å². The van der Waals surface area contributed by atoms with Crippen molar-refractivity contribution in [2.45, 2.75) is 0 Å². The Kier molecular flexibility index (Phi) is 1.31. The summed E-state index contributed by atoms with van der Waals surface area (Å²) in [5.74, 6) is -0.429. The molecule has 0 saturated carbocycles. The number of hydrogen-bond acceptors (Lipinski definition) is 2. The second-order valence-corrected chi connectivity index (χ2v) is 2.34. The highest BCUT2D eigenvalue weighted by atomic mass is 19.1. The van der Waals surface area contributed by atoms with Crippen molar-refractivity contribution in [3.05, 3.63) is 29.8 Å². The van der Waals surface area contributed by atoms with Crippen LogP contribution in [-0.2, 0) is 0 Å². The Labute approximate surface area is 67.5 Å². The SMILES string of the molecule is N#Cc1ccc2[nH]cc(F)c2n1. The molecule has 3 nitrogen and oxygen atoms in total. The maximum absolute atomic E-state index is 12.9. The molecule has 0 aromatic carbocycles. The molecule has 0 aliphatic rings. The van der Waals surface area contributed by atoms with E-state index in [0.717, 1.165) is 0 Å². The van der Waals surface area contributed by atoms with E-state index in [9.17, 15) is 4.39 Å². The first-order valence-electron chi connectivity index (χ1n) is 3.35. The highest BCUT2D eigenvalue weighted by Crippen LogP contribution is 2.13. The van der Waals surface area contributed by atoms with Gasteiger partial charge in [-0.3, -0.25) is 0 Å². The number of halogens is 1. The molecular weight excluding hydrogens is 157 g/mol. The van der Waals surface area contributed by atoms with Crippen LogP contribution in [0.25, 0.3) is 11.0 Å². The van der Waals surface area contributed by atoms with Gasteiger partial charge < -0.3 is 4.98 Å². The minimum Gasteiger partial charge on any atom is -0.357 e. The molecule has 0 saturated heterocycles. The van der Waals surface area contributed by atoms with Gasteiger partial charge >= 0.3 is 0 Å². The number of hydrogen-bond donors (Lipinski definition) is 1. The zero-order valence-electron chi connectivity index (χ0n) is 6.00. The number of pyridine rings is 1. The number of aromatic nitrogens is 2. The zero-order valence-corrected chi connectivity index (χ0v) is 6.00. The lowest BCUT2D eigenvalue weighted by Gasteiger charge is -1.88. The van der Waals surface area contributed by atoms with Crippen molar-refractivity contribution in [1.82, 2.24) is 9.97 Å². The summed E-state index contributed by atoms with van der Waals surface area (Å²) in [4.78, 5) is 6.48. The van der Waals surface area contributed by atoms with E-state index < -0.39 is 5.82 Å². The van der Waals surface area contributed by atoms with E-state index in [1.54, 1.807) is 6.07 Å². The number of fused-ring (bicyclic) bond motifs is 1. The first-order valence-corrected chi connectivity index (χ1v) is 3.35. The largest absolute Gasteiger partial charge is 0.357 e. The van der Waals surface area contributed by atoms with Crippen molar-refractivity contribution in [3.63, 3.8) is 0 Å². The van der Waals surface area contributed by atoms with Crippen LogP contribution in [0, 0.1) is 17.1 Å². The summed E-state index contributed by atoms with van der Waals surface area (Å²) >= 11 is 0. The van der Waals surface area contributed by atoms with Crippen LogP contribution in [0.5, 0.6) is 0 Å². The molecule has 0 unspecified atom stereocenters. The average molecular weight is 161 g/mol. The van der Waals surface area contributed by atoms with Crippen LogP contribution in [0.1, 0.15) is 5.69 Å². The van der Waals surface area contributed by atoms with Gasteiger partial charge in [-0.2, -0.15) is 5.26 Å². The summed E-state index contributed by atoms with van der Waals surface area (Å²) in [7, 11) is 0. The van der Waals surface area contributed by atoms with Crippen molar-refractivity contribution in [2.24, 2.45) is 0 Å². The maximum Gasteiger partial charge on any atom is 0.166 e. The molecule has 2 rings (SSSR count). The Morgan fingerprint density at radius 1 is 1.50 bits per heavy atom. The van der Waals surface area contributed by atoms with E-state index >= 15 is 0 Å². The molecule has 2 aromatic heterocycles. The highest BCUT2D eigenvalue weighted by Gasteiger charge is 2.04.